The van der Waals surface area contributed by atoms with Gasteiger partial charge in [0, 0.05) is 71.8 Å². The summed E-state index contributed by atoms with van der Waals surface area (Å²) in [4.78, 5) is 37.5. The number of nitrogens with zero attached hydrogens (tertiary/aromatic N) is 4. The minimum absolute atomic E-state index is 0.0686. The van der Waals surface area contributed by atoms with E-state index in [1.165, 1.54) is 34.2 Å². The summed E-state index contributed by atoms with van der Waals surface area (Å²) in [5.74, 6) is -1.46. The molecule has 4 aliphatic rings. The Kier molecular flexibility index (Phi) is 16.7. The second-order valence-electron chi connectivity index (χ2n) is 19.9. The monoisotopic (exact) mass is 1010 g/mol. The summed E-state index contributed by atoms with van der Waals surface area (Å²) in [7, 11) is 1.66. The fourth-order valence-corrected chi connectivity index (χ4v) is 11.9. The third-order valence-electron chi connectivity index (χ3n) is 15.9. The van der Waals surface area contributed by atoms with Crippen molar-refractivity contribution >= 4 is 51.4 Å². The van der Waals surface area contributed by atoms with Gasteiger partial charge in [-0.3, -0.25) is 19.4 Å². The fourth-order valence-electron chi connectivity index (χ4n) is 11.8. The third-order valence-corrected chi connectivity index (χ3v) is 16.1. The number of ether oxygens (including phenoxy) is 1. The first-order valence-corrected chi connectivity index (χ1v) is 25.9. The molecule has 382 valence electrons. The number of H-pyrrole nitrogens is 1. The molecule has 4 saturated heterocycles. The van der Waals surface area contributed by atoms with Gasteiger partial charge < -0.3 is 34.2 Å². The van der Waals surface area contributed by atoms with Gasteiger partial charge in [-0.05, 0) is 179 Å². The Balaban J connectivity index is 0.000000178. The number of carbonyl (C=O) groups is 2. The summed E-state index contributed by atoms with van der Waals surface area (Å²) in [6, 6.07) is 25.9. The van der Waals surface area contributed by atoms with Crippen molar-refractivity contribution in [3.63, 3.8) is 0 Å². The molecule has 0 radical (unpaired) electrons. The smallest absolute Gasteiger partial charge is 0.289 e. The molecule has 6 aromatic rings. The summed E-state index contributed by atoms with van der Waals surface area (Å²) >= 11 is 6.07. The number of likely N-dealkylation sites (tertiary alicyclic amines) is 4. The Morgan fingerprint density at radius 2 is 1.32 bits per heavy atom. The molecule has 3 N–H and O–H groups in total. The van der Waals surface area contributed by atoms with Gasteiger partial charge in [0.05, 0.1) is 20.3 Å². The maximum absolute atomic E-state index is 13.4. The van der Waals surface area contributed by atoms with Crippen LogP contribution in [0.5, 0.6) is 5.75 Å². The number of benzene rings is 4. The van der Waals surface area contributed by atoms with E-state index in [9.17, 15) is 33.0 Å². The van der Waals surface area contributed by atoms with Gasteiger partial charge in [-0.25, -0.2) is 13.2 Å². The van der Waals surface area contributed by atoms with Gasteiger partial charge >= 0.3 is 0 Å². The third kappa shape index (κ3) is 11.7. The highest BCUT2D eigenvalue weighted by Crippen LogP contribution is 2.37. The zero-order valence-corrected chi connectivity index (χ0v) is 41.6. The molecule has 2 amide bonds. The number of carbonyl (C=O) groups excluding carboxylic acids is 2. The molecule has 2 aromatic heterocycles. The lowest BCUT2D eigenvalue weighted by Crippen LogP contribution is -2.50. The molecule has 4 fully saturated rings. The van der Waals surface area contributed by atoms with Crippen molar-refractivity contribution in [3.05, 3.63) is 142 Å². The molecule has 4 aromatic carbocycles. The number of amides is 2. The topological polar surface area (TPSA) is 126 Å². The SMILES string of the molecule is COc1ccc(C2CCN(C(CO)C3CCN(C(=O)/C=C/c4cc(F)c(F)c(F)c4)CC3)CC2)cc1.O=C(c1cc2cc(Cl)ccc2o1)N1CCC(C(CO)N2CCC(c3c[nH]c4ccccc34)CC2)CC1. The molecule has 0 bridgehead atoms. The van der Waals surface area contributed by atoms with Crippen molar-refractivity contribution in [2.45, 2.75) is 75.3 Å². The number of para-hydroxylation sites is 1. The number of furan rings is 1. The van der Waals surface area contributed by atoms with Crippen molar-refractivity contribution in [2.75, 3.05) is 72.7 Å². The normalized spacial score (nSPS) is 19.2. The number of aliphatic hydroxyl groups excluding tert-OH is 2. The van der Waals surface area contributed by atoms with Gasteiger partial charge in [0.25, 0.3) is 5.91 Å². The lowest BCUT2D eigenvalue weighted by molar-refractivity contribution is -0.127. The summed E-state index contributed by atoms with van der Waals surface area (Å²) in [6.45, 7) is 6.58. The van der Waals surface area contributed by atoms with Gasteiger partial charge in [-0.15, -0.1) is 0 Å². The summed E-state index contributed by atoms with van der Waals surface area (Å²) in [5.41, 5.74) is 4.71. The zero-order valence-electron chi connectivity index (χ0n) is 40.8. The van der Waals surface area contributed by atoms with E-state index in [0.29, 0.717) is 66.2 Å². The molecule has 11 nitrogen and oxygen atoms in total. The molecule has 10 rings (SSSR count). The van der Waals surface area contributed by atoms with E-state index in [4.69, 9.17) is 20.8 Å². The minimum atomic E-state index is -1.52. The minimum Gasteiger partial charge on any atom is -0.497 e. The molecular weight excluding hydrogens is 943 g/mol. The van der Waals surface area contributed by atoms with Gasteiger partial charge in [0.2, 0.25) is 5.91 Å². The lowest BCUT2D eigenvalue weighted by atomic mass is 9.84. The number of aromatic nitrogens is 1. The van der Waals surface area contributed by atoms with E-state index in [2.05, 4.69) is 57.4 Å². The van der Waals surface area contributed by atoms with E-state index in [0.717, 1.165) is 101 Å². The molecular formula is C57H65ClF3N5O6. The summed E-state index contributed by atoms with van der Waals surface area (Å²) in [6.07, 6.45) is 12.4. The van der Waals surface area contributed by atoms with E-state index >= 15 is 0 Å². The van der Waals surface area contributed by atoms with Crippen LogP contribution in [-0.4, -0.2) is 131 Å². The molecule has 0 aliphatic carbocycles. The van der Waals surface area contributed by atoms with Crippen molar-refractivity contribution in [2.24, 2.45) is 11.8 Å². The number of halogens is 4. The van der Waals surface area contributed by atoms with Crippen molar-refractivity contribution < 1.29 is 42.1 Å². The summed E-state index contributed by atoms with van der Waals surface area (Å²) in [5, 5.41) is 23.3. The van der Waals surface area contributed by atoms with Gasteiger partial charge in [-0.1, -0.05) is 41.9 Å². The average molecular weight is 1010 g/mol. The molecule has 72 heavy (non-hydrogen) atoms. The largest absolute Gasteiger partial charge is 0.497 e. The Hall–Kier alpha value is -5.64. The highest BCUT2D eigenvalue weighted by atomic mass is 35.5. The van der Waals surface area contributed by atoms with Crippen molar-refractivity contribution in [3.8, 4) is 5.75 Å². The molecule has 0 saturated carbocycles. The van der Waals surface area contributed by atoms with E-state index in [-0.39, 0.29) is 42.7 Å². The number of rotatable bonds is 12. The molecule has 4 aliphatic heterocycles. The Labute approximate surface area is 424 Å². The van der Waals surface area contributed by atoms with Crippen LogP contribution in [-0.2, 0) is 4.79 Å². The second-order valence-corrected chi connectivity index (χ2v) is 20.3. The molecule has 2 atom stereocenters. The molecule has 15 heteroatoms. The van der Waals surface area contributed by atoms with Crippen LogP contribution in [0.15, 0.2) is 102 Å². The second kappa shape index (κ2) is 23.5. The first-order chi connectivity index (χ1) is 35.0. The quantitative estimate of drug-likeness (QED) is 0.0818. The number of hydrogen-bond donors (Lipinski definition) is 3. The van der Waals surface area contributed by atoms with Crippen LogP contribution in [0.2, 0.25) is 5.02 Å². The highest BCUT2D eigenvalue weighted by Gasteiger charge is 2.36. The standard InChI is InChI=1S/C29H32ClN3O3.C28H33F3N2O3/c30-22-5-6-27-21(15-22)16-28(36-27)29(35)33-13-9-20(10-14-33)26(18-34)32-11-7-19(8-12-32)24-17-31-25-4-2-1-3-23(24)25;1-36-23-5-3-20(4-6-23)21-8-12-32(13-9-21)26(18-34)22-10-14-33(15-11-22)27(35)7-2-19-16-24(29)28(31)25(30)17-19/h1-6,15-17,19-20,26,31,34H,7-14,18H2;2-7,16-17,21-22,26,34H,8-15,18H2,1H3/b;7-2+. The molecule has 0 spiro atoms. The van der Waals surface area contributed by atoms with Crippen LogP contribution in [0.4, 0.5) is 13.2 Å². The van der Waals surface area contributed by atoms with Crippen LogP contribution in [0, 0.1) is 29.3 Å². The number of methoxy groups -OCH3 is 1. The number of hydrogen-bond acceptors (Lipinski definition) is 8. The van der Waals surface area contributed by atoms with Crippen molar-refractivity contribution in [1.29, 1.82) is 0 Å². The molecule has 6 heterocycles. The summed E-state index contributed by atoms with van der Waals surface area (Å²) < 4.78 is 50.9. The van der Waals surface area contributed by atoms with Crippen LogP contribution in [0.25, 0.3) is 27.9 Å². The molecule has 2 unspecified atom stereocenters. The average Bonchev–Trinajstić information content (AvgIpc) is 4.05. The number of nitrogens with one attached hydrogen (secondary N) is 1. The van der Waals surface area contributed by atoms with E-state index < -0.39 is 17.5 Å². The first kappa shape index (κ1) is 51.3. The number of aliphatic hydroxyl groups is 2. The Morgan fingerprint density at radius 3 is 1.92 bits per heavy atom. The first-order valence-electron chi connectivity index (χ1n) is 25.5. The maximum Gasteiger partial charge on any atom is 0.289 e. The van der Waals surface area contributed by atoms with Gasteiger partial charge in [0.1, 0.15) is 11.3 Å². The zero-order chi connectivity index (χ0) is 50.3. The number of fused-ring (bicyclic) bond motifs is 2. The maximum atomic E-state index is 13.4. The van der Waals surface area contributed by atoms with E-state index in [1.807, 2.05) is 23.1 Å². The van der Waals surface area contributed by atoms with Gasteiger partial charge in [-0.2, -0.15) is 0 Å². The fraction of sp³-hybridized carbons (Fsp3) is 0.439. The van der Waals surface area contributed by atoms with Crippen LogP contribution < -0.4 is 4.74 Å². The predicted molar refractivity (Wildman–Crippen MR) is 275 cm³/mol. The highest BCUT2D eigenvalue weighted by molar-refractivity contribution is 6.31. The van der Waals surface area contributed by atoms with Gasteiger partial charge in [0.15, 0.2) is 23.2 Å². The van der Waals surface area contributed by atoms with Crippen LogP contribution in [0.1, 0.15) is 90.4 Å². The number of aromatic amines is 1. The Bertz CT molecular complexity index is 2780. The number of piperidine rings is 4. The Morgan fingerprint density at radius 1 is 0.736 bits per heavy atom. The lowest BCUT2D eigenvalue weighted by Gasteiger charge is -2.43. The van der Waals surface area contributed by atoms with Crippen molar-refractivity contribution in [1.82, 2.24) is 24.6 Å². The van der Waals surface area contributed by atoms with Crippen LogP contribution >= 0.6 is 11.6 Å². The van der Waals surface area contributed by atoms with Crippen LogP contribution in [0.3, 0.4) is 0 Å². The van der Waals surface area contributed by atoms with E-state index in [1.54, 1.807) is 30.2 Å². The predicted octanol–water partition coefficient (Wildman–Crippen LogP) is 10.3.